The summed E-state index contributed by atoms with van der Waals surface area (Å²) in [4.78, 5) is 0.101. The van der Waals surface area contributed by atoms with Crippen LogP contribution in [0.3, 0.4) is 0 Å². The minimum absolute atomic E-state index is 0.101. The first-order chi connectivity index (χ1) is 9.81. The average Bonchev–Trinajstić information content (AvgIpc) is 2.36. The molecule has 2 rings (SSSR count). The topological polar surface area (TPSA) is 72.2 Å². The molecule has 0 saturated carbocycles. The first kappa shape index (κ1) is 16.8. The minimum Gasteiger partial charge on any atom is -0.399 e. The summed E-state index contributed by atoms with van der Waals surface area (Å²) < 4.78 is 28.1. The highest BCUT2D eigenvalue weighted by atomic mass is 79.9. The van der Waals surface area contributed by atoms with Gasteiger partial charge in [0, 0.05) is 26.2 Å². The fourth-order valence-corrected chi connectivity index (χ4v) is 5.55. The van der Waals surface area contributed by atoms with Crippen molar-refractivity contribution in [1.29, 1.82) is 0 Å². The van der Waals surface area contributed by atoms with Crippen LogP contribution in [0.1, 0.15) is 5.56 Å². The van der Waals surface area contributed by atoms with Gasteiger partial charge in [-0.25, -0.2) is 13.1 Å². The van der Waals surface area contributed by atoms with Gasteiger partial charge in [0.1, 0.15) is 4.90 Å². The molecule has 0 aliphatic rings. The third-order valence-corrected chi connectivity index (χ3v) is 6.35. The zero-order valence-corrected chi connectivity index (χ0v) is 15.4. The van der Waals surface area contributed by atoms with Gasteiger partial charge in [-0.15, -0.1) is 0 Å². The quantitative estimate of drug-likeness (QED) is 0.688. The summed E-state index contributed by atoms with van der Waals surface area (Å²) in [5.41, 5.74) is 6.82. The third-order valence-electron chi connectivity index (χ3n) is 2.70. The standard InChI is InChI=1S/C13H11Br2ClN2O2S/c14-10-5-9(17)6-11(15)13(10)21(19,20)18-7-8-3-1-2-4-12(8)16/h1-6,18H,7,17H2. The Kier molecular flexibility index (Phi) is 5.32. The number of hydrogen-bond donors (Lipinski definition) is 2. The Labute approximate surface area is 145 Å². The van der Waals surface area contributed by atoms with E-state index in [0.717, 1.165) is 0 Å². The Morgan fingerprint density at radius 2 is 1.71 bits per heavy atom. The van der Waals surface area contributed by atoms with Crippen molar-refractivity contribution in [1.82, 2.24) is 4.72 Å². The molecule has 8 heteroatoms. The maximum Gasteiger partial charge on any atom is 0.243 e. The highest BCUT2D eigenvalue weighted by molar-refractivity contribution is 9.11. The molecule has 0 amide bonds. The van der Waals surface area contributed by atoms with Crippen LogP contribution < -0.4 is 10.5 Å². The van der Waals surface area contributed by atoms with Crippen LogP contribution in [0, 0.1) is 0 Å². The van der Waals surface area contributed by atoms with Crippen molar-refractivity contribution in [2.75, 3.05) is 5.73 Å². The monoisotopic (exact) mass is 452 g/mol. The summed E-state index contributed by atoms with van der Waals surface area (Å²) in [6, 6.07) is 10.1. The van der Waals surface area contributed by atoms with Gasteiger partial charge in [0.25, 0.3) is 0 Å². The summed E-state index contributed by atoms with van der Waals surface area (Å²) >= 11 is 12.5. The molecule has 0 aromatic heterocycles. The van der Waals surface area contributed by atoms with Crippen molar-refractivity contribution in [2.24, 2.45) is 0 Å². The van der Waals surface area contributed by atoms with E-state index in [1.807, 2.05) is 0 Å². The minimum atomic E-state index is -3.71. The number of nitrogens with one attached hydrogen (secondary N) is 1. The highest BCUT2D eigenvalue weighted by Gasteiger charge is 2.21. The Bertz CT molecular complexity index is 758. The van der Waals surface area contributed by atoms with Crippen molar-refractivity contribution < 1.29 is 8.42 Å². The Morgan fingerprint density at radius 3 is 2.29 bits per heavy atom. The molecule has 0 bridgehead atoms. The lowest BCUT2D eigenvalue weighted by molar-refractivity contribution is 0.580. The molecule has 2 aromatic carbocycles. The largest absolute Gasteiger partial charge is 0.399 e. The lowest BCUT2D eigenvalue weighted by Gasteiger charge is -2.12. The predicted molar refractivity (Wildman–Crippen MR) is 91.7 cm³/mol. The van der Waals surface area contributed by atoms with E-state index in [0.29, 0.717) is 25.2 Å². The zero-order valence-electron chi connectivity index (χ0n) is 10.6. The molecule has 21 heavy (non-hydrogen) atoms. The molecule has 0 atom stereocenters. The van der Waals surface area contributed by atoms with E-state index < -0.39 is 10.0 Å². The number of nitrogen functional groups attached to an aromatic ring is 1. The Morgan fingerprint density at radius 1 is 1.14 bits per heavy atom. The summed E-state index contributed by atoms with van der Waals surface area (Å²) in [5, 5.41) is 0.510. The molecule has 0 unspecified atom stereocenters. The lowest BCUT2D eigenvalue weighted by Crippen LogP contribution is -2.24. The molecule has 0 saturated heterocycles. The zero-order chi connectivity index (χ0) is 15.6. The Hall–Kier alpha value is -0.600. The molecule has 0 heterocycles. The number of benzene rings is 2. The maximum absolute atomic E-state index is 12.4. The van der Waals surface area contributed by atoms with E-state index in [2.05, 4.69) is 36.6 Å². The third kappa shape index (κ3) is 3.98. The molecule has 112 valence electrons. The SMILES string of the molecule is Nc1cc(Br)c(S(=O)(=O)NCc2ccccc2Cl)c(Br)c1. The second-order valence-corrected chi connectivity index (χ2v) is 8.05. The molecule has 3 N–H and O–H groups in total. The van der Waals surface area contributed by atoms with Crippen LogP contribution in [-0.4, -0.2) is 8.42 Å². The van der Waals surface area contributed by atoms with Gasteiger partial charge in [-0.3, -0.25) is 0 Å². The van der Waals surface area contributed by atoms with Gasteiger partial charge >= 0.3 is 0 Å². The summed E-state index contributed by atoms with van der Waals surface area (Å²) in [5.74, 6) is 0. The van der Waals surface area contributed by atoms with Crippen LogP contribution in [0.5, 0.6) is 0 Å². The number of rotatable bonds is 4. The molecular weight excluding hydrogens is 443 g/mol. The Balaban J connectivity index is 2.30. The average molecular weight is 455 g/mol. The molecule has 0 aliphatic carbocycles. The van der Waals surface area contributed by atoms with E-state index in [1.54, 1.807) is 24.3 Å². The molecule has 2 aromatic rings. The lowest BCUT2D eigenvalue weighted by atomic mass is 10.2. The summed E-state index contributed by atoms with van der Waals surface area (Å²) in [6.07, 6.45) is 0. The molecule has 4 nitrogen and oxygen atoms in total. The van der Waals surface area contributed by atoms with Crippen LogP contribution in [0.15, 0.2) is 50.2 Å². The molecule has 0 fully saturated rings. The maximum atomic E-state index is 12.4. The number of hydrogen-bond acceptors (Lipinski definition) is 3. The molecule has 0 aliphatic heterocycles. The van der Waals surface area contributed by atoms with Gasteiger partial charge < -0.3 is 5.73 Å². The molecule has 0 radical (unpaired) electrons. The van der Waals surface area contributed by atoms with Crippen molar-refractivity contribution in [2.45, 2.75) is 11.4 Å². The van der Waals surface area contributed by atoms with E-state index in [9.17, 15) is 8.42 Å². The van der Waals surface area contributed by atoms with E-state index in [-0.39, 0.29) is 11.4 Å². The van der Waals surface area contributed by atoms with Gasteiger partial charge in [-0.2, -0.15) is 0 Å². The number of anilines is 1. The smallest absolute Gasteiger partial charge is 0.243 e. The first-order valence-corrected chi connectivity index (χ1v) is 9.23. The van der Waals surface area contributed by atoms with E-state index >= 15 is 0 Å². The van der Waals surface area contributed by atoms with Crippen LogP contribution in [-0.2, 0) is 16.6 Å². The van der Waals surface area contributed by atoms with Crippen molar-refractivity contribution in [3.8, 4) is 0 Å². The van der Waals surface area contributed by atoms with Crippen molar-refractivity contribution in [3.05, 3.63) is 55.9 Å². The van der Waals surface area contributed by atoms with E-state index in [4.69, 9.17) is 17.3 Å². The van der Waals surface area contributed by atoms with Crippen LogP contribution in [0.25, 0.3) is 0 Å². The number of sulfonamides is 1. The van der Waals surface area contributed by atoms with Gasteiger partial charge in [-0.1, -0.05) is 29.8 Å². The second-order valence-electron chi connectivity index (χ2n) is 4.23. The van der Waals surface area contributed by atoms with Crippen LogP contribution >= 0.6 is 43.5 Å². The highest BCUT2D eigenvalue weighted by Crippen LogP contribution is 2.32. The number of nitrogens with two attached hydrogens (primary N) is 1. The number of halogens is 3. The van der Waals surface area contributed by atoms with Crippen LogP contribution in [0.4, 0.5) is 5.69 Å². The van der Waals surface area contributed by atoms with Crippen molar-refractivity contribution >= 4 is 59.2 Å². The predicted octanol–water partition coefficient (Wildman–Crippen LogP) is 3.93. The fraction of sp³-hybridized carbons (Fsp3) is 0.0769. The van der Waals surface area contributed by atoms with Crippen molar-refractivity contribution in [3.63, 3.8) is 0 Å². The van der Waals surface area contributed by atoms with Gasteiger partial charge in [-0.05, 0) is 55.6 Å². The fourth-order valence-electron chi connectivity index (χ4n) is 1.72. The van der Waals surface area contributed by atoms with Crippen LogP contribution in [0.2, 0.25) is 5.02 Å². The van der Waals surface area contributed by atoms with Gasteiger partial charge in [0.05, 0.1) is 0 Å². The van der Waals surface area contributed by atoms with Gasteiger partial charge in [0.2, 0.25) is 10.0 Å². The normalized spacial score (nSPS) is 11.6. The summed E-state index contributed by atoms with van der Waals surface area (Å²) in [6.45, 7) is 0.102. The molecular formula is C13H11Br2ClN2O2S. The second kappa shape index (κ2) is 6.66. The van der Waals surface area contributed by atoms with E-state index in [1.165, 1.54) is 12.1 Å². The summed E-state index contributed by atoms with van der Waals surface area (Å²) in [7, 11) is -3.71. The first-order valence-electron chi connectivity index (χ1n) is 5.79. The van der Waals surface area contributed by atoms with Gasteiger partial charge in [0.15, 0.2) is 0 Å². The molecule has 0 spiro atoms.